The quantitative estimate of drug-likeness (QED) is 0.472. The number of benzene rings is 1. The number of hydrogen-bond acceptors (Lipinski definition) is 5. The Hall–Kier alpha value is -2.83. The van der Waals surface area contributed by atoms with Crippen LogP contribution in [0.3, 0.4) is 0 Å². The van der Waals surface area contributed by atoms with Crippen molar-refractivity contribution >= 4 is 24.0 Å². The molecule has 1 saturated heterocycles. The summed E-state index contributed by atoms with van der Waals surface area (Å²) in [7, 11) is 1.28. The standard InChI is InChI=1S/C13H12N2O5/c1-19-11(16)7-20-9-4-2-8(3-5-9)6-10-12(17)15-13(18)14-10/h2-6H,7H2,1H3,(H2,14,15,17,18). The van der Waals surface area contributed by atoms with E-state index in [4.69, 9.17) is 4.74 Å². The Morgan fingerprint density at radius 1 is 1.20 bits per heavy atom. The van der Waals surface area contributed by atoms with Gasteiger partial charge in [0.1, 0.15) is 11.4 Å². The molecule has 0 spiro atoms. The maximum atomic E-state index is 11.3. The van der Waals surface area contributed by atoms with Gasteiger partial charge in [-0.2, -0.15) is 0 Å². The lowest BCUT2D eigenvalue weighted by atomic mass is 10.2. The van der Waals surface area contributed by atoms with Crippen LogP contribution in [0.2, 0.25) is 0 Å². The van der Waals surface area contributed by atoms with E-state index < -0.39 is 17.9 Å². The molecule has 1 aliphatic rings. The van der Waals surface area contributed by atoms with Crippen molar-refractivity contribution in [1.29, 1.82) is 0 Å². The summed E-state index contributed by atoms with van der Waals surface area (Å²) in [6.45, 7) is -0.171. The Kier molecular flexibility index (Phi) is 3.99. The normalized spacial score (nSPS) is 15.8. The molecule has 1 aromatic rings. The highest BCUT2D eigenvalue weighted by Crippen LogP contribution is 2.15. The smallest absolute Gasteiger partial charge is 0.343 e. The monoisotopic (exact) mass is 276 g/mol. The van der Waals surface area contributed by atoms with Gasteiger partial charge < -0.3 is 14.8 Å². The average Bonchev–Trinajstić information content (AvgIpc) is 2.75. The van der Waals surface area contributed by atoms with Crippen LogP contribution in [0.5, 0.6) is 5.75 Å². The fourth-order valence-electron chi connectivity index (χ4n) is 1.51. The van der Waals surface area contributed by atoms with Crippen molar-refractivity contribution in [3.05, 3.63) is 35.5 Å². The lowest BCUT2D eigenvalue weighted by molar-refractivity contribution is -0.142. The number of amides is 3. The number of ether oxygens (including phenoxy) is 2. The molecule has 0 saturated carbocycles. The molecular formula is C13H12N2O5. The number of imide groups is 1. The minimum Gasteiger partial charge on any atom is -0.482 e. The van der Waals surface area contributed by atoms with Gasteiger partial charge in [-0.15, -0.1) is 0 Å². The zero-order valence-electron chi connectivity index (χ0n) is 10.6. The van der Waals surface area contributed by atoms with Gasteiger partial charge in [-0.1, -0.05) is 12.1 Å². The van der Waals surface area contributed by atoms with Crippen LogP contribution in [-0.2, 0) is 14.3 Å². The molecule has 7 nitrogen and oxygen atoms in total. The molecule has 1 fully saturated rings. The summed E-state index contributed by atoms with van der Waals surface area (Å²) in [5.41, 5.74) is 0.890. The van der Waals surface area contributed by atoms with Gasteiger partial charge in [0.05, 0.1) is 7.11 Å². The number of esters is 1. The Balaban J connectivity index is 2.01. The van der Waals surface area contributed by atoms with Crippen molar-refractivity contribution in [2.75, 3.05) is 13.7 Å². The van der Waals surface area contributed by atoms with Gasteiger partial charge in [0.15, 0.2) is 6.61 Å². The Labute approximate surface area is 114 Å². The zero-order valence-corrected chi connectivity index (χ0v) is 10.6. The number of nitrogens with one attached hydrogen (secondary N) is 2. The molecule has 0 aliphatic carbocycles. The first-order valence-electron chi connectivity index (χ1n) is 5.72. The third-order valence-electron chi connectivity index (χ3n) is 2.50. The molecule has 0 aromatic heterocycles. The van der Waals surface area contributed by atoms with Crippen LogP contribution in [0.25, 0.3) is 6.08 Å². The molecule has 0 radical (unpaired) electrons. The lowest BCUT2D eigenvalue weighted by Crippen LogP contribution is -2.22. The van der Waals surface area contributed by atoms with Crippen LogP contribution in [-0.4, -0.2) is 31.6 Å². The third kappa shape index (κ3) is 3.35. The van der Waals surface area contributed by atoms with E-state index >= 15 is 0 Å². The molecule has 0 unspecified atom stereocenters. The Morgan fingerprint density at radius 2 is 1.90 bits per heavy atom. The Morgan fingerprint density at radius 3 is 2.45 bits per heavy atom. The molecule has 1 heterocycles. The van der Waals surface area contributed by atoms with Crippen LogP contribution >= 0.6 is 0 Å². The molecule has 104 valence electrons. The van der Waals surface area contributed by atoms with Crippen LogP contribution in [0, 0.1) is 0 Å². The van der Waals surface area contributed by atoms with Crippen molar-refractivity contribution < 1.29 is 23.9 Å². The SMILES string of the molecule is COC(=O)COc1ccc(C=C2NC(=O)NC2=O)cc1. The van der Waals surface area contributed by atoms with E-state index in [0.717, 1.165) is 0 Å². The van der Waals surface area contributed by atoms with Gasteiger partial charge in [-0.3, -0.25) is 10.1 Å². The number of carbonyl (C=O) groups is 3. The summed E-state index contributed by atoms with van der Waals surface area (Å²) in [4.78, 5) is 33.2. The van der Waals surface area contributed by atoms with Gasteiger partial charge in [-0.25, -0.2) is 9.59 Å². The predicted molar refractivity (Wildman–Crippen MR) is 68.6 cm³/mol. The summed E-state index contributed by atoms with van der Waals surface area (Å²) < 4.78 is 9.63. The first-order chi connectivity index (χ1) is 9.58. The molecule has 2 N–H and O–H groups in total. The molecule has 1 aliphatic heterocycles. The first-order valence-corrected chi connectivity index (χ1v) is 5.72. The molecule has 2 rings (SSSR count). The van der Waals surface area contributed by atoms with E-state index in [2.05, 4.69) is 15.4 Å². The lowest BCUT2D eigenvalue weighted by Gasteiger charge is -2.04. The molecule has 20 heavy (non-hydrogen) atoms. The zero-order chi connectivity index (χ0) is 14.5. The molecular weight excluding hydrogens is 264 g/mol. The van der Waals surface area contributed by atoms with E-state index in [1.165, 1.54) is 13.2 Å². The summed E-state index contributed by atoms with van der Waals surface area (Å²) in [5.74, 6) is -0.444. The Bertz CT molecular complexity index is 577. The van der Waals surface area contributed by atoms with Crippen molar-refractivity contribution in [3.8, 4) is 5.75 Å². The van der Waals surface area contributed by atoms with Crippen molar-refractivity contribution in [3.63, 3.8) is 0 Å². The number of urea groups is 1. The highest BCUT2D eigenvalue weighted by molar-refractivity contribution is 6.13. The minimum atomic E-state index is -0.542. The molecule has 0 atom stereocenters. The summed E-state index contributed by atoms with van der Waals surface area (Å²) >= 11 is 0. The van der Waals surface area contributed by atoms with E-state index in [1.54, 1.807) is 24.3 Å². The topological polar surface area (TPSA) is 93.7 Å². The third-order valence-corrected chi connectivity index (χ3v) is 2.50. The van der Waals surface area contributed by atoms with Crippen molar-refractivity contribution in [2.45, 2.75) is 0 Å². The number of carbonyl (C=O) groups excluding carboxylic acids is 3. The van der Waals surface area contributed by atoms with Crippen LogP contribution in [0.1, 0.15) is 5.56 Å². The van der Waals surface area contributed by atoms with Crippen LogP contribution in [0.15, 0.2) is 30.0 Å². The molecule has 3 amide bonds. The molecule has 1 aromatic carbocycles. The van der Waals surface area contributed by atoms with E-state index in [-0.39, 0.29) is 12.3 Å². The van der Waals surface area contributed by atoms with E-state index in [0.29, 0.717) is 11.3 Å². The number of hydrogen-bond donors (Lipinski definition) is 2. The fourth-order valence-corrected chi connectivity index (χ4v) is 1.51. The second-order valence-electron chi connectivity index (χ2n) is 3.90. The fraction of sp³-hybridized carbons (Fsp3) is 0.154. The summed E-state index contributed by atoms with van der Waals surface area (Å²) in [6.07, 6.45) is 1.53. The highest BCUT2D eigenvalue weighted by atomic mass is 16.6. The van der Waals surface area contributed by atoms with Crippen LogP contribution in [0.4, 0.5) is 4.79 Å². The first kappa shape index (κ1) is 13.6. The van der Waals surface area contributed by atoms with Crippen molar-refractivity contribution in [2.24, 2.45) is 0 Å². The van der Waals surface area contributed by atoms with Gasteiger partial charge in [0.25, 0.3) is 5.91 Å². The summed E-state index contributed by atoms with van der Waals surface area (Å²) in [6, 6.07) is 6.13. The highest BCUT2D eigenvalue weighted by Gasteiger charge is 2.22. The maximum absolute atomic E-state index is 11.3. The van der Waals surface area contributed by atoms with Gasteiger partial charge in [-0.05, 0) is 23.8 Å². The molecule has 7 heteroatoms. The van der Waals surface area contributed by atoms with Gasteiger partial charge in [0.2, 0.25) is 0 Å². The van der Waals surface area contributed by atoms with Crippen LogP contribution < -0.4 is 15.4 Å². The second-order valence-corrected chi connectivity index (χ2v) is 3.90. The van der Waals surface area contributed by atoms with E-state index in [9.17, 15) is 14.4 Å². The number of methoxy groups -OCH3 is 1. The predicted octanol–water partition coefficient (Wildman–Crippen LogP) is 0.419. The van der Waals surface area contributed by atoms with E-state index in [1.807, 2.05) is 0 Å². The van der Waals surface area contributed by atoms with Gasteiger partial charge >= 0.3 is 12.0 Å². The largest absolute Gasteiger partial charge is 0.482 e. The summed E-state index contributed by atoms with van der Waals surface area (Å²) in [5, 5.41) is 4.49. The average molecular weight is 276 g/mol. The second kappa shape index (κ2) is 5.87. The van der Waals surface area contributed by atoms with Crippen molar-refractivity contribution in [1.82, 2.24) is 10.6 Å². The number of rotatable bonds is 4. The molecule has 0 bridgehead atoms. The maximum Gasteiger partial charge on any atom is 0.343 e. The minimum absolute atomic E-state index is 0.171. The van der Waals surface area contributed by atoms with Gasteiger partial charge in [0, 0.05) is 0 Å².